The summed E-state index contributed by atoms with van der Waals surface area (Å²) in [6.07, 6.45) is 6.44. The lowest BCUT2D eigenvalue weighted by Crippen LogP contribution is -2.51. The van der Waals surface area contributed by atoms with Gasteiger partial charge in [0.25, 0.3) is 0 Å². The van der Waals surface area contributed by atoms with E-state index >= 15 is 0 Å². The summed E-state index contributed by atoms with van der Waals surface area (Å²) in [5, 5.41) is 4.16. The van der Waals surface area contributed by atoms with Crippen LogP contribution in [-0.4, -0.2) is 41.3 Å². The van der Waals surface area contributed by atoms with Crippen LogP contribution in [-0.2, 0) is 4.74 Å². The Morgan fingerprint density at radius 2 is 2.00 bits per heavy atom. The quantitative estimate of drug-likeness (QED) is 0.773. The maximum absolute atomic E-state index is 6.31. The molecule has 0 aromatic carbocycles. The first-order chi connectivity index (χ1) is 9.20. The van der Waals surface area contributed by atoms with E-state index in [4.69, 9.17) is 10.6 Å². The Balaban J connectivity index is 1.87. The number of hydrogen-bond acceptors (Lipinski definition) is 5. The van der Waals surface area contributed by atoms with Crippen molar-refractivity contribution in [1.29, 1.82) is 0 Å². The lowest BCUT2D eigenvalue weighted by Gasteiger charge is -2.38. The molecule has 19 heavy (non-hydrogen) atoms. The van der Waals surface area contributed by atoms with Gasteiger partial charge in [0.2, 0.25) is 5.90 Å². The molecule has 1 aliphatic carbocycles. The van der Waals surface area contributed by atoms with E-state index in [1.165, 1.54) is 43.4 Å². The van der Waals surface area contributed by atoms with Gasteiger partial charge in [-0.25, -0.2) is 10.8 Å². The highest BCUT2D eigenvalue weighted by Gasteiger charge is 2.39. The minimum absolute atomic E-state index is 0.152. The highest BCUT2D eigenvalue weighted by atomic mass is 16.5. The van der Waals surface area contributed by atoms with Crippen molar-refractivity contribution in [2.45, 2.75) is 58.0 Å². The first-order valence-electron chi connectivity index (χ1n) is 7.41. The molecule has 0 radical (unpaired) electrons. The van der Waals surface area contributed by atoms with E-state index in [2.05, 4.69) is 23.8 Å². The zero-order valence-electron chi connectivity index (χ0n) is 11.9. The average molecular weight is 264 g/mol. The summed E-state index contributed by atoms with van der Waals surface area (Å²) >= 11 is 0. The number of hydrogen-bond donors (Lipinski definition) is 1. The smallest absolute Gasteiger partial charge is 0.215 e. The number of nitrogens with zero attached hydrogens (tertiary/aromatic N) is 3. The van der Waals surface area contributed by atoms with Crippen molar-refractivity contribution in [3.63, 3.8) is 0 Å². The van der Waals surface area contributed by atoms with Gasteiger partial charge in [-0.1, -0.05) is 19.3 Å². The van der Waals surface area contributed by atoms with Crippen molar-refractivity contribution in [3.8, 4) is 0 Å². The van der Waals surface area contributed by atoms with Crippen LogP contribution >= 0.6 is 0 Å². The predicted octanol–water partition coefficient (Wildman–Crippen LogP) is 1.82. The Morgan fingerprint density at radius 1 is 1.26 bits per heavy atom. The number of hydrazine groups is 2. The maximum Gasteiger partial charge on any atom is 0.215 e. The molecule has 2 aliphatic heterocycles. The Labute approximate surface area is 115 Å². The van der Waals surface area contributed by atoms with Gasteiger partial charge in [-0.2, -0.15) is 5.12 Å². The Kier molecular flexibility index (Phi) is 3.50. The Bertz CT molecular complexity index is 412. The van der Waals surface area contributed by atoms with E-state index in [1.54, 1.807) is 0 Å². The van der Waals surface area contributed by atoms with Crippen LogP contribution in [0.25, 0.3) is 0 Å². The van der Waals surface area contributed by atoms with Crippen LogP contribution in [0.2, 0.25) is 0 Å². The molecule has 2 N–H and O–H groups in total. The summed E-state index contributed by atoms with van der Waals surface area (Å²) in [5.41, 5.74) is 2.40. The van der Waals surface area contributed by atoms with E-state index in [-0.39, 0.29) is 6.04 Å². The summed E-state index contributed by atoms with van der Waals surface area (Å²) in [6, 6.07) is 0.694. The van der Waals surface area contributed by atoms with Crippen LogP contribution in [0, 0.1) is 0 Å². The van der Waals surface area contributed by atoms with Crippen LogP contribution in [0.3, 0.4) is 0 Å². The predicted molar refractivity (Wildman–Crippen MR) is 75.2 cm³/mol. The Hall–Kier alpha value is -1.07. The summed E-state index contributed by atoms with van der Waals surface area (Å²) in [7, 11) is 0. The van der Waals surface area contributed by atoms with Crippen molar-refractivity contribution >= 4 is 5.90 Å². The lowest BCUT2D eigenvalue weighted by molar-refractivity contribution is -0.0378. The first-order valence-corrected chi connectivity index (χ1v) is 7.41. The molecule has 0 bridgehead atoms. The second-order valence-corrected chi connectivity index (χ2v) is 5.73. The normalized spacial score (nSPS) is 29.9. The van der Waals surface area contributed by atoms with Crippen LogP contribution in [0.5, 0.6) is 0 Å². The van der Waals surface area contributed by atoms with E-state index in [0.29, 0.717) is 12.6 Å². The van der Waals surface area contributed by atoms with Crippen LogP contribution in [0.1, 0.15) is 46.0 Å². The SMILES string of the molecule is CC1=C(C2=NCCO2)C(C)N(N)N1C1CCCCC1. The van der Waals surface area contributed by atoms with Gasteiger partial charge in [0.15, 0.2) is 0 Å². The van der Waals surface area contributed by atoms with Gasteiger partial charge in [0.1, 0.15) is 6.61 Å². The van der Waals surface area contributed by atoms with E-state index < -0.39 is 0 Å². The number of allylic oxidation sites excluding steroid dienone is 1. The minimum atomic E-state index is 0.152. The van der Waals surface area contributed by atoms with Crippen molar-refractivity contribution in [2.75, 3.05) is 13.2 Å². The molecule has 2 heterocycles. The molecule has 5 heteroatoms. The largest absolute Gasteiger partial charge is 0.476 e. The third-order valence-corrected chi connectivity index (χ3v) is 4.53. The van der Waals surface area contributed by atoms with Gasteiger partial charge in [0, 0.05) is 11.7 Å². The number of aliphatic imine (C=N–C) groups is 1. The summed E-state index contributed by atoms with van der Waals surface area (Å²) < 4.78 is 5.64. The third-order valence-electron chi connectivity index (χ3n) is 4.53. The second kappa shape index (κ2) is 5.13. The van der Waals surface area contributed by atoms with Crippen molar-refractivity contribution < 1.29 is 4.74 Å². The maximum atomic E-state index is 6.31. The highest BCUT2D eigenvalue weighted by Crippen LogP contribution is 2.34. The third kappa shape index (κ3) is 2.15. The zero-order chi connectivity index (χ0) is 13.4. The number of nitrogens with two attached hydrogens (primary N) is 1. The number of rotatable bonds is 2. The molecule has 1 unspecified atom stereocenters. The average Bonchev–Trinajstić information content (AvgIpc) is 3.00. The lowest BCUT2D eigenvalue weighted by atomic mass is 9.95. The molecule has 3 aliphatic rings. The zero-order valence-corrected chi connectivity index (χ0v) is 11.9. The molecule has 1 atom stereocenters. The summed E-state index contributed by atoms with van der Waals surface area (Å²) in [6.45, 7) is 5.75. The molecule has 1 fully saturated rings. The molecule has 3 rings (SSSR count). The second-order valence-electron chi connectivity index (χ2n) is 5.73. The van der Waals surface area contributed by atoms with Gasteiger partial charge in [-0.15, -0.1) is 0 Å². The van der Waals surface area contributed by atoms with E-state index in [9.17, 15) is 0 Å². The molecule has 0 saturated heterocycles. The topological polar surface area (TPSA) is 54.1 Å². The fraction of sp³-hybridized carbons (Fsp3) is 0.786. The molecule has 1 saturated carbocycles. The molecule has 0 aromatic heterocycles. The van der Waals surface area contributed by atoms with Crippen LogP contribution in [0.15, 0.2) is 16.3 Å². The summed E-state index contributed by atoms with van der Waals surface area (Å²) in [4.78, 5) is 4.46. The molecule has 5 nitrogen and oxygen atoms in total. The van der Waals surface area contributed by atoms with E-state index in [1.807, 2.05) is 5.12 Å². The molecule has 106 valence electrons. The van der Waals surface area contributed by atoms with E-state index in [0.717, 1.165) is 12.4 Å². The van der Waals surface area contributed by atoms with Crippen molar-refractivity contribution in [1.82, 2.24) is 10.1 Å². The standard InChI is InChI=1S/C14H24N4O/c1-10-13(14-16-8-9-19-14)11(2)18(15)17(10)12-6-4-3-5-7-12/h11-12H,3-9,15H2,1-2H3. The monoisotopic (exact) mass is 264 g/mol. The fourth-order valence-corrected chi connectivity index (χ4v) is 3.54. The van der Waals surface area contributed by atoms with Crippen LogP contribution < -0.4 is 5.84 Å². The van der Waals surface area contributed by atoms with Gasteiger partial charge in [-0.3, -0.25) is 5.01 Å². The molecule has 0 amide bonds. The Morgan fingerprint density at radius 3 is 2.63 bits per heavy atom. The fourth-order valence-electron chi connectivity index (χ4n) is 3.54. The van der Waals surface area contributed by atoms with Gasteiger partial charge in [-0.05, 0) is 26.7 Å². The van der Waals surface area contributed by atoms with Gasteiger partial charge < -0.3 is 4.74 Å². The van der Waals surface area contributed by atoms with Crippen molar-refractivity contribution in [3.05, 3.63) is 11.3 Å². The van der Waals surface area contributed by atoms with Gasteiger partial charge >= 0.3 is 0 Å². The summed E-state index contributed by atoms with van der Waals surface area (Å²) in [5.74, 6) is 7.11. The molecule has 0 spiro atoms. The molecule has 0 aromatic rings. The van der Waals surface area contributed by atoms with Crippen LogP contribution in [0.4, 0.5) is 0 Å². The molecular formula is C14H24N4O. The van der Waals surface area contributed by atoms with Crippen molar-refractivity contribution in [2.24, 2.45) is 10.8 Å². The van der Waals surface area contributed by atoms with Gasteiger partial charge in [0.05, 0.1) is 18.2 Å². The first kappa shape index (κ1) is 12.9. The highest BCUT2D eigenvalue weighted by molar-refractivity contribution is 5.96. The minimum Gasteiger partial charge on any atom is -0.476 e. The molecular weight excluding hydrogens is 240 g/mol. The number of ether oxygens (including phenoxy) is 1.